The Morgan fingerprint density at radius 1 is 1.06 bits per heavy atom. The number of hydrogen-bond acceptors (Lipinski definition) is 6. The molecule has 1 unspecified atom stereocenters. The SMILES string of the molecule is O=C(NC1CCCN(c2ncccn2)C1)c1oc2ccccc2c1COc1ccccc1. The Morgan fingerprint density at radius 2 is 1.84 bits per heavy atom. The number of ether oxygens (including phenoxy) is 1. The van der Waals surface area contributed by atoms with E-state index in [1.165, 1.54) is 0 Å². The number of carbonyl (C=O) groups is 1. The largest absolute Gasteiger partial charge is 0.489 e. The van der Waals surface area contributed by atoms with Crippen molar-refractivity contribution in [3.63, 3.8) is 0 Å². The number of furan rings is 1. The highest BCUT2D eigenvalue weighted by Crippen LogP contribution is 2.28. The molecule has 2 aromatic heterocycles. The summed E-state index contributed by atoms with van der Waals surface area (Å²) in [6.45, 7) is 1.78. The molecule has 1 amide bonds. The predicted octanol–water partition coefficient (Wildman–Crippen LogP) is 4.20. The number of hydrogen-bond donors (Lipinski definition) is 1. The van der Waals surface area contributed by atoms with E-state index in [1.807, 2.05) is 54.6 Å². The molecule has 32 heavy (non-hydrogen) atoms. The van der Waals surface area contributed by atoms with Crippen LogP contribution in [0.1, 0.15) is 29.0 Å². The van der Waals surface area contributed by atoms with Gasteiger partial charge in [-0.1, -0.05) is 36.4 Å². The lowest BCUT2D eigenvalue weighted by atomic mass is 10.1. The molecular weight excluding hydrogens is 404 g/mol. The average molecular weight is 428 g/mol. The first-order chi connectivity index (χ1) is 15.8. The van der Waals surface area contributed by atoms with Crippen molar-refractivity contribution < 1.29 is 13.9 Å². The minimum absolute atomic E-state index is 0.0174. The van der Waals surface area contributed by atoms with E-state index in [2.05, 4.69) is 20.2 Å². The molecular formula is C25H24N4O3. The van der Waals surface area contributed by atoms with Crippen LogP contribution in [0.5, 0.6) is 5.75 Å². The Hall–Kier alpha value is -3.87. The van der Waals surface area contributed by atoms with Crippen LogP contribution in [0.15, 0.2) is 77.5 Å². The van der Waals surface area contributed by atoms with Gasteiger partial charge in [-0.15, -0.1) is 0 Å². The van der Waals surface area contributed by atoms with Gasteiger partial charge in [0.15, 0.2) is 5.76 Å². The van der Waals surface area contributed by atoms with E-state index >= 15 is 0 Å². The molecule has 0 spiro atoms. The Labute approximate surface area is 186 Å². The van der Waals surface area contributed by atoms with E-state index in [9.17, 15) is 4.79 Å². The lowest BCUT2D eigenvalue weighted by Gasteiger charge is -2.32. The number of nitrogens with one attached hydrogen (secondary N) is 1. The Bertz CT molecular complexity index is 1190. The number of carbonyl (C=O) groups excluding carboxylic acids is 1. The van der Waals surface area contributed by atoms with Gasteiger partial charge in [0.2, 0.25) is 5.95 Å². The van der Waals surface area contributed by atoms with Gasteiger partial charge < -0.3 is 19.4 Å². The van der Waals surface area contributed by atoms with Crippen molar-refractivity contribution >= 4 is 22.8 Å². The minimum Gasteiger partial charge on any atom is -0.489 e. The minimum atomic E-state index is -0.228. The third-order valence-electron chi connectivity index (χ3n) is 5.62. The van der Waals surface area contributed by atoms with E-state index in [-0.39, 0.29) is 18.6 Å². The molecule has 0 radical (unpaired) electrons. The lowest BCUT2D eigenvalue weighted by Crippen LogP contribution is -2.48. The second-order valence-corrected chi connectivity index (χ2v) is 7.82. The zero-order valence-corrected chi connectivity index (χ0v) is 17.6. The summed E-state index contributed by atoms with van der Waals surface area (Å²) in [4.78, 5) is 24.0. The summed E-state index contributed by atoms with van der Waals surface area (Å²) >= 11 is 0. The molecule has 1 N–H and O–H groups in total. The van der Waals surface area contributed by atoms with Gasteiger partial charge in [-0.05, 0) is 37.1 Å². The van der Waals surface area contributed by atoms with Gasteiger partial charge in [0.25, 0.3) is 5.91 Å². The normalized spacial score (nSPS) is 16.1. The molecule has 1 atom stereocenters. The topological polar surface area (TPSA) is 80.5 Å². The van der Waals surface area contributed by atoms with E-state index < -0.39 is 0 Å². The van der Waals surface area contributed by atoms with Crippen molar-refractivity contribution in [2.75, 3.05) is 18.0 Å². The molecule has 0 aliphatic carbocycles. The van der Waals surface area contributed by atoms with Crippen molar-refractivity contribution in [2.24, 2.45) is 0 Å². The van der Waals surface area contributed by atoms with Crippen molar-refractivity contribution in [1.29, 1.82) is 0 Å². The number of para-hydroxylation sites is 2. The number of piperidine rings is 1. The fraction of sp³-hybridized carbons (Fsp3) is 0.240. The van der Waals surface area contributed by atoms with Crippen LogP contribution in [-0.4, -0.2) is 35.0 Å². The van der Waals surface area contributed by atoms with Crippen molar-refractivity contribution in [1.82, 2.24) is 15.3 Å². The number of nitrogens with zero attached hydrogens (tertiary/aromatic N) is 3. The number of benzene rings is 2. The third kappa shape index (κ3) is 4.27. The molecule has 5 rings (SSSR count). The molecule has 162 valence electrons. The van der Waals surface area contributed by atoms with Crippen LogP contribution in [0.3, 0.4) is 0 Å². The zero-order valence-electron chi connectivity index (χ0n) is 17.6. The summed E-state index contributed by atoms with van der Waals surface area (Å²) in [6.07, 6.45) is 5.31. The van der Waals surface area contributed by atoms with Gasteiger partial charge in [0.05, 0.1) is 0 Å². The molecule has 1 aliphatic rings. The third-order valence-corrected chi connectivity index (χ3v) is 5.62. The summed E-state index contributed by atoms with van der Waals surface area (Å²) < 4.78 is 11.9. The van der Waals surface area contributed by atoms with Crippen LogP contribution in [0.4, 0.5) is 5.95 Å². The maximum absolute atomic E-state index is 13.2. The molecule has 0 saturated carbocycles. The van der Waals surface area contributed by atoms with Gasteiger partial charge >= 0.3 is 0 Å². The molecule has 1 aliphatic heterocycles. The van der Waals surface area contributed by atoms with E-state index in [0.29, 0.717) is 23.8 Å². The standard InChI is InChI=1S/C25H24N4O3/c30-24(28-18-8-6-15-29(16-18)25-26-13-7-14-27-25)23-21(17-31-19-9-2-1-3-10-19)20-11-4-5-12-22(20)32-23/h1-5,7,9-14,18H,6,8,15-17H2,(H,28,30). The van der Waals surface area contributed by atoms with Gasteiger partial charge in [-0.2, -0.15) is 0 Å². The van der Waals surface area contributed by atoms with Crippen LogP contribution in [0.25, 0.3) is 11.0 Å². The highest BCUT2D eigenvalue weighted by Gasteiger charge is 2.27. The molecule has 1 saturated heterocycles. The number of anilines is 1. The molecule has 3 heterocycles. The van der Waals surface area contributed by atoms with Gasteiger partial charge in [-0.3, -0.25) is 4.79 Å². The summed E-state index contributed by atoms with van der Waals surface area (Å²) in [6, 6.07) is 19.0. The van der Waals surface area contributed by atoms with Crippen LogP contribution in [-0.2, 0) is 6.61 Å². The highest BCUT2D eigenvalue weighted by molar-refractivity contribution is 5.99. The molecule has 1 fully saturated rings. The predicted molar refractivity (Wildman–Crippen MR) is 122 cm³/mol. The fourth-order valence-corrected chi connectivity index (χ4v) is 4.08. The van der Waals surface area contributed by atoms with Gasteiger partial charge in [0.1, 0.15) is 17.9 Å². The maximum Gasteiger partial charge on any atom is 0.287 e. The summed E-state index contributed by atoms with van der Waals surface area (Å²) in [5.74, 6) is 1.51. The highest BCUT2D eigenvalue weighted by atomic mass is 16.5. The molecule has 7 heteroatoms. The van der Waals surface area contributed by atoms with Crippen molar-refractivity contribution in [3.05, 3.63) is 84.4 Å². The molecule has 2 aromatic carbocycles. The Balaban J connectivity index is 1.35. The van der Waals surface area contributed by atoms with Crippen LogP contribution < -0.4 is 15.0 Å². The van der Waals surface area contributed by atoms with E-state index in [0.717, 1.165) is 36.1 Å². The second kappa shape index (κ2) is 9.09. The Morgan fingerprint density at radius 3 is 2.69 bits per heavy atom. The lowest BCUT2D eigenvalue weighted by molar-refractivity contribution is 0.0903. The smallest absolute Gasteiger partial charge is 0.287 e. The average Bonchev–Trinajstić information content (AvgIpc) is 3.23. The molecule has 7 nitrogen and oxygen atoms in total. The quantitative estimate of drug-likeness (QED) is 0.496. The number of rotatable bonds is 6. The number of aromatic nitrogens is 2. The van der Waals surface area contributed by atoms with Crippen molar-refractivity contribution in [2.45, 2.75) is 25.5 Å². The Kier molecular flexibility index (Phi) is 5.70. The first kappa shape index (κ1) is 20.1. The first-order valence-electron chi connectivity index (χ1n) is 10.8. The second-order valence-electron chi connectivity index (χ2n) is 7.82. The zero-order chi connectivity index (χ0) is 21.8. The monoisotopic (exact) mass is 428 g/mol. The van der Waals surface area contributed by atoms with Crippen LogP contribution in [0, 0.1) is 0 Å². The summed E-state index contributed by atoms with van der Waals surface area (Å²) in [5.41, 5.74) is 1.42. The van der Waals surface area contributed by atoms with E-state index in [4.69, 9.17) is 9.15 Å². The van der Waals surface area contributed by atoms with Gasteiger partial charge in [0, 0.05) is 42.5 Å². The summed E-state index contributed by atoms with van der Waals surface area (Å²) in [5, 5.41) is 4.03. The number of fused-ring (bicyclic) bond motifs is 1. The molecule has 0 bridgehead atoms. The summed E-state index contributed by atoms with van der Waals surface area (Å²) in [7, 11) is 0. The molecule has 4 aromatic rings. The fourth-order valence-electron chi connectivity index (χ4n) is 4.08. The van der Waals surface area contributed by atoms with Crippen LogP contribution in [0.2, 0.25) is 0 Å². The van der Waals surface area contributed by atoms with Gasteiger partial charge in [-0.25, -0.2) is 9.97 Å². The maximum atomic E-state index is 13.2. The van der Waals surface area contributed by atoms with E-state index in [1.54, 1.807) is 18.5 Å². The number of amides is 1. The first-order valence-corrected chi connectivity index (χ1v) is 10.8. The van der Waals surface area contributed by atoms with Crippen molar-refractivity contribution in [3.8, 4) is 5.75 Å². The van der Waals surface area contributed by atoms with Crippen LogP contribution >= 0.6 is 0 Å².